The van der Waals surface area contributed by atoms with Crippen LogP contribution < -0.4 is 15.4 Å². The third kappa shape index (κ3) is 7.54. The van der Waals surface area contributed by atoms with E-state index in [1.165, 1.54) is 5.56 Å². The number of imidazole rings is 1. The molecule has 31 heavy (non-hydrogen) atoms. The molecule has 0 fully saturated rings. The van der Waals surface area contributed by atoms with Crippen LogP contribution in [0.4, 0.5) is 0 Å². The fourth-order valence-electron chi connectivity index (χ4n) is 2.99. The first kappa shape index (κ1) is 24.6. The van der Waals surface area contributed by atoms with E-state index in [1.54, 1.807) is 6.20 Å². The topological polar surface area (TPSA) is 76.4 Å². The van der Waals surface area contributed by atoms with Crippen LogP contribution in [0, 0.1) is 13.8 Å². The zero-order chi connectivity index (χ0) is 21.3. The molecule has 7 nitrogen and oxygen atoms in total. The molecule has 0 bridgehead atoms. The maximum absolute atomic E-state index is 5.98. The summed E-state index contributed by atoms with van der Waals surface area (Å²) in [6.07, 6.45) is 5.54. The van der Waals surface area contributed by atoms with Gasteiger partial charge in [0.25, 0.3) is 0 Å². The van der Waals surface area contributed by atoms with Gasteiger partial charge in [0, 0.05) is 25.1 Å². The average molecular weight is 534 g/mol. The fraction of sp³-hybridized carbons (Fsp3) is 0.348. The number of halogens is 1. The summed E-state index contributed by atoms with van der Waals surface area (Å²) >= 11 is 0. The lowest BCUT2D eigenvalue weighted by molar-refractivity contribution is 0.223. The van der Waals surface area contributed by atoms with Gasteiger partial charge in [-0.3, -0.25) is 4.57 Å². The summed E-state index contributed by atoms with van der Waals surface area (Å²) in [5.41, 5.74) is 2.23. The number of benzene rings is 1. The van der Waals surface area contributed by atoms with Crippen molar-refractivity contribution < 1.29 is 4.74 Å². The third-order valence-electron chi connectivity index (χ3n) is 4.53. The Kier molecular flexibility index (Phi) is 9.77. The Morgan fingerprint density at radius 1 is 1.16 bits per heavy atom. The minimum absolute atomic E-state index is 0. The van der Waals surface area contributed by atoms with Crippen molar-refractivity contribution >= 4 is 29.9 Å². The van der Waals surface area contributed by atoms with Crippen molar-refractivity contribution in [2.75, 3.05) is 13.1 Å². The first-order valence-electron chi connectivity index (χ1n) is 10.3. The smallest absolute Gasteiger partial charge is 0.191 e. The second kappa shape index (κ2) is 12.3. The second-order valence-corrected chi connectivity index (χ2v) is 7.19. The standard InChI is InChI=1S/C23H30N6O.HI/c1-5-24-23(27-14-18(3)30-21-8-6-7-17(2)13-21)28-16-20-9-10-22(26-15-20)29-12-11-25-19(29)4;/h6-13,15,18H,5,14,16H2,1-4H3,(H2,24,27,28);1H. The van der Waals surface area contributed by atoms with E-state index >= 15 is 0 Å². The summed E-state index contributed by atoms with van der Waals surface area (Å²) < 4.78 is 7.93. The number of hydrogen-bond donors (Lipinski definition) is 2. The van der Waals surface area contributed by atoms with Crippen molar-refractivity contribution in [3.63, 3.8) is 0 Å². The Morgan fingerprint density at radius 3 is 2.65 bits per heavy atom. The van der Waals surface area contributed by atoms with Gasteiger partial charge in [0.1, 0.15) is 23.5 Å². The molecule has 1 atom stereocenters. The van der Waals surface area contributed by atoms with Crippen LogP contribution in [0.5, 0.6) is 5.75 Å². The summed E-state index contributed by atoms with van der Waals surface area (Å²) in [6, 6.07) is 12.1. The summed E-state index contributed by atoms with van der Waals surface area (Å²) in [4.78, 5) is 13.4. The fourth-order valence-corrected chi connectivity index (χ4v) is 2.99. The molecular formula is C23H31IN6O. The van der Waals surface area contributed by atoms with Gasteiger partial charge in [-0.05, 0) is 57.0 Å². The Hall–Kier alpha value is -2.62. The molecule has 1 unspecified atom stereocenters. The highest BCUT2D eigenvalue weighted by molar-refractivity contribution is 14.0. The van der Waals surface area contributed by atoms with E-state index in [2.05, 4.69) is 38.6 Å². The molecule has 0 saturated carbocycles. The number of aliphatic imine (C=N–C) groups is 1. The molecule has 2 N–H and O–H groups in total. The zero-order valence-corrected chi connectivity index (χ0v) is 20.8. The van der Waals surface area contributed by atoms with Gasteiger partial charge in [0.05, 0.1) is 13.1 Å². The van der Waals surface area contributed by atoms with E-state index < -0.39 is 0 Å². The summed E-state index contributed by atoms with van der Waals surface area (Å²) in [7, 11) is 0. The highest BCUT2D eigenvalue weighted by Gasteiger charge is 2.07. The average Bonchev–Trinajstić information content (AvgIpc) is 3.16. The summed E-state index contributed by atoms with van der Waals surface area (Å²) in [6.45, 7) is 10.1. The van der Waals surface area contributed by atoms with E-state index in [4.69, 9.17) is 4.74 Å². The number of nitrogens with one attached hydrogen (secondary N) is 2. The molecule has 0 amide bonds. The van der Waals surface area contributed by atoms with Gasteiger partial charge in [-0.1, -0.05) is 18.2 Å². The Labute approximate surface area is 201 Å². The van der Waals surface area contributed by atoms with Crippen LogP contribution in [-0.4, -0.2) is 39.7 Å². The number of guanidine groups is 1. The molecule has 3 rings (SSSR count). The van der Waals surface area contributed by atoms with Gasteiger partial charge >= 0.3 is 0 Å². The predicted octanol–water partition coefficient (Wildman–Crippen LogP) is 4.02. The second-order valence-electron chi connectivity index (χ2n) is 7.19. The number of hydrogen-bond acceptors (Lipinski definition) is 4. The Morgan fingerprint density at radius 2 is 2.00 bits per heavy atom. The molecule has 0 aliphatic rings. The van der Waals surface area contributed by atoms with Crippen LogP contribution in [0.15, 0.2) is 60.0 Å². The molecule has 0 spiro atoms. The van der Waals surface area contributed by atoms with Crippen LogP contribution in [0.1, 0.15) is 30.8 Å². The van der Waals surface area contributed by atoms with Crippen molar-refractivity contribution in [3.05, 3.63) is 71.9 Å². The SMILES string of the molecule is CCNC(=NCc1ccc(-n2ccnc2C)nc1)NCC(C)Oc1cccc(C)c1.I. The molecule has 2 aromatic heterocycles. The maximum Gasteiger partial charge on any atom is 0.191 e. The van der Waals surface area contributed by atoms with Crippen LogP contribution in [-0.2, 0) is 6.54 Å². The molecule has 2 heterocycles. The highest BCUT2D eigenvalue weighted by atomic mass is 127. The number of aryl methyl sites for hydroxylation is 2. The van der Waals surface area contributed by atoms with Crippen molar-refractivity contribution in [2.24, 2.45) is 4.99 Å². The lowest BCUT2D eigenvalue weighted by Gasteiger charge is -2.18. The Bertz CT molecular complexity index is 970. The zero-order valence-electron chi connectivity index (χ0n) is 18.5. The normalized spacial score (nSPS) is 12.1. The van der Waals surface area contributed by atoms with E-state index in [-0.39, 0.29) is 30.1 Å². The van der Waals surface area contributed by atoms with E-state index in [0.717, 1.165) is 35.5 Å². The maximum atomic E-state index is 5.98. The minimum atomic E-state index is 0. The number of aromatic nitrogens is 3. The molecule has 0 saturated heterocycles. The third-order valence-corrected chi connectivity index (χ3v) is 4.53. The monoisotopic (exact) mass is 534 g/mol. The number of rotatable bonds is 8. The number of ether oxygens (including phenoxy) is 1. The van der Waals surface area contributed by atoms with Crippen LogP contribution in [0.3, 0.4) is 0 Å². The van der Waals surface area contributed by atoms with Gasteiger partial charge in [-0.25, -0.2) is 15.0 Å². The summed E-state index contributed by atoms with van der Waals surface area (Å²) in [5.74, 6) is 3.40. The lowest BCUT2D eigenvalue weighted by atomic mass is 10.2. The van der Waals surface area contributed by atoms with Crippen LogP contribution in [0.2, 0.25) is 0 Å². The molecule has 1 aromatic carbocycles. The van der Waals surface area contributed by atoms with Gasteiger partial charge in [-0.2, -0.15) is 0 Å². The lowest BCUT2D eigenvalue weighted by Crippen LogP contribution is -2.41. The first-order valence-corrected chi connectivity index (χ1v) is 10.3. The van der Waals surface area contributed by atoms with Gasteiger partial charge < -0.3 is 15.4 Å². The van der Waals surface area contributed by atoms with Gasteiger partial charge in [-0.15, -0.1) is 24.0 Å². The van der Waals surface area contributed by atoms with E-state index in [9.17, 15) is 0 Å². The number of pyridine rings is 1. The van der Waals surface area contributed by atoms with Crippen molar-refractivity contribution in [2.45, 2.75) is 40.3 Å². The Balaban J connectivity index is 0.00000341. The van der Waals surface area contributed by atoms with Crippen LogP contribution in [0.25, 0.3) is 5.82 Å². The molecule has 0 radical (unpaired) electrons. The molecular weight excluding hydrogens is 503 g/mol. The highest BCUT2D eigenvalue weighted by Crippen LogP contribution is 2.14. The summed E-state index contributed by atoms with van der Waals surface area (Å²) in [5, 5.41) is 6.62. The van der Waals surface area contributed by atoms with Crippen molar-refractivity contribution in [3.8, 4) is 11.6 Å². The van der Waals surface area contributed by atoms with Crippen molar-refractivity contribution in [1.82, 2.24) is 25.2 Å². The minimum Gasteiger partial charge on any atom is -0.489 e. The number of nitrogens with zero attached hydrogens (tertiary/aromatic N) is 4. The molecule has 8 heteroatoms. The predicted molar refractivity (Wildman–Crippen MR) is 136 cm³/mol. The van der Waals surface area contributed by atoms with Crippen LogP contribution >= 0.6 is 24.0 Å². The van der Waals surface area contributed by atoms with Gasteiger partial charge in [0.2, 0.25) is 0 Å². The van der Waals surface area contributed by atoms with E-state index in [0.29, 0.717) is 13.1 Å². The quantitative estimate of drug-likeness (QED) is 0.260. The molecule has 166 valence electrons. The molecule has 0 aliphatic carbocycles. The first-order chi connectivity index (χ1) is 14.5. The van der Waals surface area contributed by atoms with E-state index in [1.807, 2.05) is 68.1 Å². The molecule has 3 aromatic rings. The van der Waals surface area contributed by atoms with Crippen molar-refractivity contribution in [1.29, 1.82) is 0 Å². The van der Waals surface area contributed by atoms with Gasteiger partial charge in [0.15, 0.2) is 5.96 Å². The largest absolute Gasteiger partial charge is 0.489 e. The molecule has 0 aliphatic heterocycles.